The van der Waals surface area contributed by atoms with Crippen LogP contribution in [0.3, 0.4) is 0 Å². The van der Waals surface area contributed by atoms with Crippen LogP contribution >= 0.6 is 0 Å². The van der Waals surface area contributed by atoms with Gasteiger partial charge in [0, 0.05) is 18.2 Å². The number of carbonyl (C=O) groups excluding carboxylic acids is 2. The van der Waals surface area contributed by atoms with Gasteiger partial charge in [0.25, 0.3) is 5.91 Å². The number of halogens is 2. The summed E-state index contributed by atoms with van der Waals surface area (Å²) in [7, 11) is 1.46. The zero-order valence-electron chi connectivity index (χ0n) is 13.5. The number of carbonyl (C=O) groups is 2. The second-order valence-corrected chi connectivity index (χ2v) is 4.95. The van der Waals surface area contributed by atoms with Crippen LogP contribution < -0.4 is 20.1 Å². The van der Waals surface area contributed by atoms with E-state index in [1.165, 1.54) is 38.3 Å². The molecule has 0 aliphatic carbocycles. The summed E-state index contributed by atoms with van der Waals surface area (Å²) < 4.78 is 33.6. The fraction of sp³-hybridized carbons (Fsp3) is 0.176. The Morgan fingerprint density at radius 2 is 1.72 bits per heavy atom. The van der Waals surface area contributed by atoms with Crippen molar-refractivity contribution in [3.8, 4) is 11.5 Å². The third kappa shape index (κ3) is 5.17. The first kappa shape index (κ1) is 18.2. The van der Waals surface area contributed by atoms with Gasteiger partial charge >= 0.3 is 6.61 Å². The number of methoxy groups -OCH3 is 1. The number of ether oxygens (including phenoxy) is 2. The van der Waals surface area contributed by atoms with E-state index in [2.05, 4.69) is 15.4 Å². The van der Waals surface area contributed by atoms with Gasteiger partial charge in [-0.05, 0) is 42.5 Å². The van der Waals surface area contributed by atoms with Crippen molar-refractivity contribution in [2.24, 2.45) is 0 Å². The summed E-state index contributed by atoms with van der Waals surface area (Å²) in [5, 5.41) is 5.25. The third-order valence-electron chi connectivity index (χ3n) is 3.11. The number of rotatable bonds is 6. The highest BCUT2D eigenvalue weighted by Gasteiger charge is 2.11. The summed E-state index contributed by atoms with van der Waals surface area (Å²) in [6.07, 6.45) is 0. The van der Waals surface area contributed by atoms with Crippen molar-refractivity contribution in [3.05, 3.63) is 48.0 Å². The highest BCUT2D eigenvalue weighted by molar-refractivity contribution is 6.05. The Balaban J connectivity index is 2.13. The standard InChI is InChI=1S/C17H16F2N2O4/c1-10(22)20-14-9-12(5-8-15(14)24-2)21-16(23)11-3-6-13(7-4-11)25-17(18)19/h3-9,17H,1-2H3,(H,20,22)(H,21,23). The number of hydrogen-bond donors (Lipinski definition) is 2. The summed E-state index contributed by atoms with van der Waals surface area (Å²) in [5.41, 5.74) is 1.11. The SMILES string of the molecule is COc1ccc(NC(=O)c2ccc(OC(F)F)cc2)cc1NC(C)=O. The van der Waals surface area contributed by atoms with Gasteiger partial charge in [0.2, 0.25) is 5.91 Å². The second kappa shape index (κ2) is 8.09. The molecule has 132 valence electrons. The van der Waals surface area contributed by atoms with Gasteiger partial charge in [0.1, 0.15) is 11.5 Å². The monoisotopic (exact) mass is 350 g/mol. The largest absolute Gasteiger partial charge is 0.495 e. The normalized spacial score (nSPS) is 10.3. The van der Waals surface area contributed by atoms with E-state index in [4.69, 9.17) is 4.74 Å². The van der Waals surface area contributed by atoms with E-state index in [0.29, 0.717) is 17.1 Å². The van der Waals surface area contributed by atoms with Gasteiger partial charge < -0.3 is 20.1 Å². The van der Waals surface area contributed by atoms with Crippen molar-refractivity contribution in [2.45, 2.75) is 13.5 Å². The molecule has 8 heteroatoms. The molecular formula is C17H16F2N2O4. The van der Waals surface area contributed by atoms with Crippen LogP contribution in [0.1, 0.15) is 17.3 Å². The maximum atomic E-state index is 12.2. The minimum Gasteiger partial charge on any atom is -0.495 e. The predicted molar refractivity (Wildman–Crippen MR) is 88.3 cm³/mol. The molecule has 25 heavy (non-hydrogen) atoms. The van der Waals surface area contributed by atoms with Gasteiger partial charge in [-0.1, -0.05) is 0 Å². The zero-order valence-corrected chi connectivity index (χ0v) is 13.5. The molecular weight excluding hydrogens is 334 g/mol. The Kier molecular flexibility index (Phi) is 5.89. The number of nitrogens with one attached hydrogen (secondary N) is 2. The summed E-state index contributed by atoms with van der Waals surface area (Å²) in [6.45, 7) is -1.57. The molecule has 2 aromatic rings. The molecule has 0 aliphatic heterocycles. The topological polar surface area (TPSA) is 76.7 Å². The molecule has 0 aromatic heterocycles. The maximum Gasteiger partial charge on any atom is 0.387 e. The zero-order chi connectivity index (χ0) is 18.4. The first-order chi connectivity index (χ1) is 11.9. The molecule has 0 bridgehead atoms. The van der Waals surface area contributed by atoms with Crippen LogP contribution in [0.5, 0.6) is 11.5 Å². The lowest BCUT2D eigenvalue weighted by Crippen LogP contribution is -2.13. The summed E-state index contributed by atoms with van der Waals surface area (Å²) >= 11 is 0. The van der Waals surface area contributed by atoms with Crippen molar-refractivity contribution in [1.82, 2.24) is 0 Å². The lowest BCUT2D eigenvalue weighted by Gasteiger charge is -2.12. The molecule has 0 saturated heterocycles. The molecule has 0 radical (unpaired) electrons. The first-order valence-corrected chi connectivity index (χ1v) is 7.21. The van der Waals surface area contributed by atoms with Gasteiger partial charge in [-0.15, -0.1) is 0 Å². The molecule has 0 fully saturated rings. The Hall–Kier alpha value is -3.16. The second-order valence-electron chi connectivity index (χ2n) is 4.95. The number of alkyl halides is 2. The van der Waals surface area contributed by atoms with Crippen LogP contribution in [0.15, 0.2) is 42.5 Å². The van der Waals surface area contributed by atoms with Crippen LogP contribution in [0.25, 0.3) is 0 Å². The average Bonchev–Trinajstić information content (AvgIpc) is 2.54. The minimum atomic E-state index is -2.92. The number of benzene rings is 2. The van der Waals surface area contributed by atoms with Crippen LogP contribution in [-0.2, 0) is 4.79 Å². The Morgan fingerprint density at radius 1 is 1.04 bits per heavy atom. The summed E-state index contributed by atoms with van der Waals surface area (Å²) in [4.78, 5) is 23.4. The Bertz CT molecular complexity index is 764. The van der Waals surface area contributed by atoms with Crippen molar-refractivity contribution < 1.29 is 27.8 Å². The van der Waals surface area contributed by atoms with Crippen LogP contribution in [0, 0.1) is 0 Å². The summed E-state index contributed by atoms with van der Waals surface area (Å²) in [5.74, 6) is -0.315. The molecule has 2 aromatic carbocycles. The Morgan fingerprint density at radius 3 is 2.28 bits per heavy atom. The van der Waals surface area contributed by atoms with E-state index >= 15 is 0 Å². The highest BCUT2D eigenvalue weighted by atomic mass is 19.3. The lowest BCUT2D eigenvalue weighted by atomic mass is 10.2. The molecule has 2 amide bonds. The Labute approximate surface area is 142 Å². The third-order valence-corrected chi connectivity index (χ3v) is 3.11. The molecule has 0 atom stereocenters. The van der Waals surface area contributed by atoms with Gasteiger partial charge in [0.15, 0.2) is 0 Å². The van der Waals surface area contributed by atoms with Crippen molar-refractivity contribution >= 4 is 23.2 Å². The molecule has 0 aliphatic rings. The van der Waals surface area contributed by atoms with Crippen LogP contribution in [0.4, 0.5) is 20.2 Å². The highest BCUT2D eigenvalue weighted by Crippen LogP contribution is 2.28. The number of amides is 2. The molecule has 0 heterocycles. The first-order valence-electron chi connectivity index (χ1n) is 7.21. The average molecular weight is 350 g/mol. The minimum absolute atomic E-state index is 0.0380. The number of anilines is 2. The fourth-order valence-corrected chi connectivity index (χ4v) is 2.06. The number of hydrogen-bond acceptors (Lipinski definition) is 4. The summed E-state index contributed by atoms with van der Waals surface area (Å²) in [6, 6.07) is 10.0. The lowest BCUT2D eigenvalue weighted by molar-refractivity contribution is -0.114. The molecule has 6 nitrogen and oxygen atoms in total. The smallest absolute Gasteiger partial charge is 0.387 e. The predicted octanol–water partition coefficient (Wildman–Crippen LogP) is 3.51. The van der Waals surface area contributed by atoms with Crippen molar-refractivity contribution in [1.29, 1.82) is 0 Å². The maximum absolute atomic E-state index is 12.2. The van der Waals surface area contributed by atoms with Gasteiger partial charge in [-0.2, -0.15) is 8.78 Å². The van der Waals surface area contributed by atoms with Crippen LogP contribution in [0.2, 0.25) is 0 Å². The van der Waals surface area contributed by atoms with E-state index in [1.54, 1.807) is 18.2 Å². The molecule has 2 rings (SSSR count). The van der Waals surface area contributed by atoms with E-state index in [-0.39, 0.29) is 17.2 Å². The van der Waals surface area contributed by atoms with Crippen molar-refractivity contribution in [2.75, 3.05) is 17.7 Å². The van der Waals surface area contributed by atoms with Gasteiger partial charge in [0.05, 0.1) is 12.8 Å². The van der Waals surface area contributed by atoms with Gasteiger partial charge in [-0.3, -0.25) is 9.59 Å². The van der Waals surface area contributed by atoms with E-state index < -0.39 is 12.5 Å². The quantitative estimate of drug-likeness (QED) is 0.836. The fourth-order valence-electron chi connectivity index (χ4n) is 2.06. The molecule has 2 N–H and O–H groups in total. The molecule has 0 saturated carbocycles. The molecule has 0 unspecified atom stereocenters. The van der Waals surface area contributed by atoms with E-state index in [9.17, 15) is 18.4 Å². The van der Waals surface area contributed by atoms with Gasteiger partial charge in [-0.25, -0.2) is 0 Å². The molecule has 0 spiro atoms. The van der Waals surface area contributed by atoms with Crippen LogP contribution in [-0.4, -0.2) is 25.5 Å². The van der Waals surface area contributed by atoms with E-state index in [0.717, 1.165) is 0 Å². The van der Waals surface area contributed by atoms with Crippen molar-refractivity contribution in [3.63, 3.8) is 0 Å². The van der Waals surface area contributed by atoms with E-state index in [1.807, 2.05) is 0 Å².